The summed E-state index contributed by atoms with van der Waals surface area (Å²) in [5.74, 6) is 0.104. The molecule has 2 N–H and O–H groups in total. The number of aromatic nitrogens is 4. The van der Waals surface area contributed by atoms with Gasteiger partial charge in [0.25, 0.3) is 0 Å². The van der Waals surface area contributed by atoms with E-state index in [-0.39, 0.29) is 18.2 Å². The van der Waals surface area contributed by atoms with E-state index in [1.165, 1.54) is 23.1 Å². The van der Waals surface area contributed by atoms with Crippen LogP contribution in [0, 0.1) is 0 Å². The van der Waals surface area contributed by atoms with Gasteiger partial charge >= 0.3 is 0 Å². The van der Waals surface area contributed by atoms with Gasteiger partial charge in [0.2, 0.25) is 11.8 Å². The van der Waals surface area contributed by atoms with Crippen LogP contribution in [-0.4, -0.2) is 36.8 Å². The molecule has 0 spiro atoms. The first-order valence-electron chi connectivity index (χ1n) is 8.81. The highest BCUT2D eigenvalue weighted by Gasteiger charge is 2.21. The molecule has 1 aromatic carbocycles. The lowest BCUT2D eigenvalue weighted by Gasteiger charge is -2.12. The fourth-order valence-electron chi connectivity index (χ4n) is 2.46. The number of benzene rings is 1. The number of thioether (sulfide) groups is 1. The van der Waals surface area contributed by atoms with Crippen LogP contribution in [0.2, 0.25) is 5.02 Å². The SMILES string of the molecule is CCn1c(CC(=O)Nc2ccccc2Cl)nnc1S[C@@H](C)C(=O)Nc1nccs1. The van der Waals surface area contributed by atoms with Gasteiger partial charge in [0.15, 0.2) is 10.3 Å². The number of anilines is 2. The fraction of sp³-hybridized carbons (Fsp3) is 0.278. The second-order valence-electron chi connectivity index (χ2n) is 5.93. The summed E-state index contributed by atoms with van der Waals surface area (Å²) in [4.78, 5) is 28.8. The van der Waals surface area contributed by atoms with E-state index in [1.54, 1.807) is 42.8 Å². The lowest BCUT2D eigenvalue weighted by atomic mass is 10.3. The third-order valence-corrected chi connectivity index (χ3v) is 5.99. The van der Waals surface area contributed by atoms with Crippen molar-refractivity contribution in [1.29, 1.82) is 0 Å². The molecule has 0 aliphatic carbocycles. The van der Waals surface area contributed by atoms with Gasteiger partial charge in [-0.25, -0.2) is 4.98 Å². The number of thiazole rings is 1. The largest absolute Gasteiger partial charge is 0.324 e. The van der Waals surface area contributed by atoms with E-state index in [0.717, 1.165) is 0 Å². The lowest BCUT2D eigenvalue weighted by Crippen LogP contribution is -2.23. The molecule has 8 nitrogen and oxygen atoms in total. The zero-order valence-electron chi connectivity index (χ0n) is 15.8. The van der Waals surface area contributed by atoms with Crippen molar-refractivity contribution in [3.8, 4) is 0 Å². The van der Waals surface area contributed by atoms with E-state index < -0.39 is 5.25 Å². The van der Waals surface area contributed by atoms with Crippen LogP contribution in [0.1, 0.15) is 19.7 Å². The Morgan fingerprint density at radius 3 is 2.76 bits per heavy atom. The molecule has 0 saturated carbocycles. The molecule has 0 fully saturated rings. The lowest BCUT2D eigenvalue weighted by molar-refractivity contribution is -0.116. The molecule has 2 heterocycles. The number of rotatable bonds is 8. The number of halogens is 1. The minimum Gasteiger partial charge on any atom is -0.324 e. The molecule has 0 unspecified atom stereocenters. The van der Waals surface area contributed by atoms with E-state index in [2.05, 4.69) is 25.8 Å². The highest BCUT2D eigenvalue weighted by molar-refractivity contribution is 8.00. The Balaban J connectivity index is 1.64. The molecule has 1 atom stereocenters. The Hall–Kier alpha value is -2.43. The zero-order valence-corrected chi connectivity index (χ0v) is 18.1. The van der Waals surface area contributed by atoms with Gasteiger partial charge in [-0.1, -0.05) is 35.5 Å². The number of nitrogens with one attached hydrogen (secondary N) is 2. The van der Waals surface area contributed by atoms with Crippen molar-refractivity contribution < 1.29 is 9.59 Å². The van der Waals surface area contributed by atoms with Crippen molar-refractivity contribution in [1.82, 2.24) is 19.7 Å². The second-order valence-corrected chi connectivity index (χ2v) is 8.54. The summed E-state index contributed by atoms with van der Waals surface area (Å²) in [5, 5.41) is 16.8. The monoisotopic (exact) mass is 450 g/mol. The second kappa shape index (κ2) is 9.86. The van der Waals surface area contributed by atoms with Crippen LogP contribution in [0.5, 0.6) is 0 Å². The van der Waals surface area contributed by atoms with Gasteiger partial charge in [-0.15, -0.1) is 21.5 Å². The summed E-state index contributed by atoms with van der Waals surface area (Å²) < 4.78 is 1.82. The molecular formula is C18H19ClN6O2S2. The number of para-hydroxylation sites is 1. The summed E-state index contributed by atoms with van der Waals surface area (Å²) in [6.45, 7) is 4.29. The van der Waals surface area contributed by atoms with E-state index in [9.17, 15) is 9.59 Å². The summed E-state index contributed by atoms with van der Waals surface area (Å²) in [7, 11) is 0. The molecule has 0 bridgehead atoms. The summed E-state index contributed by atoms with van der Waals surface area (Å²) in [6, 6.07) is 7.03. The quantitative estimate of drug-likeness (QED) is 0.507. The van der Waals surface area contributed by atoms with Crippen LogP contribution >= 0.6 is 34.7 Å². The highest BCUT2D eigenvalue weighted by Crippen LogP contribution is 2.25. The molecule has 0 radical (unpaired) electrons. The number of amides is 2. The van der Waals surface area contributed by atoms with Gasteiger partial charge in [-0.05, 0) is 26.0 Å². The molecule has 29 heavy (non-hydrogen) atoms. The van der Waals surface area contributed by atoms with E-state index >= 15 is 0 Å². The Morgan fingerprint density at radius 2 is 2.07 bits per heavy atom. The summed E-state index contributed by atoms with van der Waals surface area (Å²) >= 11 is 8.72. The van der Waals surface area contributed by atoms with Gasteiger partial charge in [-0.2, -0.15) is 0 Å². The molecule has 3 rings (SSSR count). The first kappa shape index (κ1) is 21.3. The first-order valence-corrected chi connectivity index (χ1v) is 10.9. The minimum absolute atomic E-state index is 0.0479. The van der Waals surface area contributed by atoms with Gasteiger partial charge < -0.3 is 15.2 Å². The maximum atomic E-state index is 12.4. The molecule has 11 heteroatoms. The standard InChI is InChI=1S/C18H19ClN6O2S2/c1-3-25-14(10-15(26)21-13-7-5-4-6-12(13)19)23-24-18(25)29-11(2)16(27)22-17-20-8-9-28-17/h4-9,11H,3,10H2,1-2H3,(H,21,26)(H,20,22,27)/t11-/m0/s1. The van der Waals surface area contributed by atoms with Gasteiger partial charge in [0.05, 0.1) is 22.4 Å². The first-order chi connectivity index (χ1) is 14.0. The van der Waals surface area contributed by atoms with Crippen LogP contribution in [0.3, 0.4) is 0 Å². The average Bonchev–Trinajstić information content (AvgIpc) is 3.33. The number of hydrogen-bond donors (Lipinski definition) is 2. The van der Waals surface area contributed by atoms with Gasteiger partial charge in [0.1, 0.15) is 5.82 Å². The van der Waals surface area contributed by atoms with Gasteiger partial charge in [-0.3, -0.25) is 9.59 Å². The fourth-order valence-corrected chi connectivity index (χ4v) is 4.11. The Labute approximate surface area is 181 Å². The highest BCUT2D eigenvalue weighted by atomic mass is 35.5. The molecule has 0 saturated heterocycles. The Morgan fingerprint density at radius 1 is 1.28 bits per heavy atom. The number of hydrogen-bond acceptors (Lipinski definition) is 7. The molecule has 0 aliphatic heterocycles. The van der Waals surface area contributed by atoms with Crippen molar-refractivity contribution in [3.05, 3.63) is 46.7 Å². The Bertz CT molecular complexity index is 992. The van der Waals surface area contributed by atoms with E-state index in [0.29, 0.717) is 33.4 Å². The zero-order chi connectivity index (χ0) is 20.8. The van der Waals surface area contributed by atoms with E-state index in [4.69, 9.17) is 11.6 Å². The normalized spacial score (nSPS) is 11.8. The molecule has 3 aromatic rings. The van der Waals surface area contributed by atoms with Crippen molar-refractivity contribution in [2.24, 2.45) is 0 Å². The maximum absolute atomic E-state index is 12.4. The van der Waals surface area contributed by atoms with Crippen molar-refractivity contribution in [2.75, 3.05) is 10.6 Å². The van der Waals surface area contributed by atoms with E-state index in [1.807, 2.05) is 11.5 Å². The molecule has 152 valence electrons. The van der Waals surface area contributed by atoms with Crippen LogP contribution in [0.25, 0.3) is 0 Å². The molecule has 2 aromatic heterocycles. The predicted molar refractivity (Wildman–Crippen MR) is 116 cm³/mol. The molecular weight excluding hydrogens is 432 g/mol. The van der Waals surface area contributed by atoms with Crippen molar-refractivity contribution in [3.63, 3.8) is 0 Å². The maximum Gasteiger partial charge on any atom is 0.239 e. The van der Waals surface area contributed by atoms with Crippen LogP contribution in [-0.2, 0) is 22.6 Å². The number of carbonyl (C=O) groups excluding carboxylic acids is 2. The summed E-state index contributed by atoms with van der Waals surface area (Å²) in [5.41, 5.74) is 0.545. The number of nitrogens with zero attached hydrogens (tertiary/aromatic N) is 4. The third-order valence-electron chi connectivity index (χ3n) is 3.89. The van der Waals surface area contributed by atoms with Crippen LogP contribution < -0.4 is 10.6 Å². The van der Waals surface area contributed by atoms with Crippen molar-refractivity contribution in [2.45, 2.75) is 37.2 Å². The van der Waals surface area contributed by atoms with Gasteiger partial charge in [0, 0.05) is 18.1 Å². The van der Waals surface area contributed by atoms with Crippen molar-refractivity contribution >= 4 is 57.3 Å². The Kier molecular flexibility index (Phi) is 7.24. The average molecular weight is 451 g/mol. The van der Waals surface area contributed by atoms with Crippen LogP contribution in [0.15, 0.2) is 41.0 Å². The molecule has 0 aliphatic rings. The van der Waals surface area contributed by atoms with Crippen LogP contribution in [0.4, 0.5) is 10.8 Å². The topological polar surface area (TPSA) is 102 Å². The minimum atomic E-state index is -0.404. The summed E-state index contributed by atoms with van der Waals surface area (Å²) in [6.07, 6.45) is 1.68. The number of carbonyl (C=O) groups is 2. The third kappa shape index (κ3) is 5.55. The molecule has 2 amide bonds. The smallest absolute Gasteiger partial charge is 0.239 e. The predicted octanol–water partition coefficient (Wildman–Crippen LogP) is 3.71.